The summed E-state index contributed by atoms with van der Waals surface area (Å²) in [7, 11) is 1.48. The van der Waals surface area contributed by atoms with Gasteiger partial charge in [-0.2, -0.15) is 0 Å². The summed E-state index contributed by atoms with van der Waals surface area (Å²) < 4.78 is 4.80. The third-order valence-electron chi connectivity index (χ3n) is 4.13. The maximum atomic E-state index is 11.4. The molecule has 0 saturated carbocycles. The minimum Gasteiger partial charge on any atom is -0.469 e. The molecule has 0 aromatic heterocycles. The lowest BCUT2D eigenvalue weighted by Gasteiger charge is -2.33. The van der Waals surface area contributed by atoms with Crippen LogP contribution in [-0.4, -0.2) is 50.7 Å². The van der Waals surface area contributed by atoms with E-state index in [0.717, 1.165) is 39.1 Å². The van der Waals surface area contributed by atoms with E-state index in [0.29, 0.717) is 18.3 Å². The van der Waals surface area contributed by atoms with Crippen molar-refractivity contribution >= 4 is 5.97 Å². The smallest absolute Gasteiger partial charge is 0.305 e. The van der Waals surface area contributed by atoms with Crippen LogP contribution < -0.4 is 5.32 Å². The molecule has 1 saturated heterocycles. The average molecular weight is 256 g/mol. The summed E-state index contributed by atoms with van der Waals surface area (Å²) >= 11 is 0. The predicted octanol–water partition coefficient (Wildman–Crippen LogP) is 1.51. The van der Waals surface area contributed by atoms with Crippen molar-refractivity contribution in [3.05, 3.63) is 0 Å². The number of carbonyl (C=O) groups excluding carboxylic acids is 1. The highest BCUT2D eigenvalue weighted by atomic mass is 16.5. The van der Waals surface area contributed by atoms with Crippen molar-refractivity contribution in [3.63, 3.8) is 0 Å². The van der Waals surface area contributed by atoms with E-state index >= 15 is 0 Å². The zero-order valence-electron chi connectivity index (χ0n) is 12.1. The zero-order valence-corrected chi connectivity index (χ0v) is 12.1. The van der Waals surface area contributed by atoms with Gasteiger partial charge < -0.3 is 15.0 Å². The number of ether oxygens (including phenoxy) is 1. The maximum absolute atomic E-state index is 11.4. The second-order valence-corrected chi connectivity index (χ2v) is 5.11. The first kappa shape index (κ1) is 15.4. The van der Waals surface area contributed by atoms with Crippen molar-refractivity contribution in [1.29, 1.82) is 0 Å². The number of rotatable bonds is 7. The number of esters is 1. The number of nitrogens with zero attached hydrogens (tertiary/aromatic N) is 1. The molecular weight excluding hydrogens is 228 g/mol. The Balaban J connectivity index is 2.41. The lowest BCUT2D eigenvalue weighted by molar-refractivity contribution is -0.142. The molecule has 1 N–H and O–H groups in total. The van der Waals surface area contributed by atoms with Gasteiger partial charge in [0.2, 0.25) is 0 Å². The molecule has 106 valence electrons. The van der Waals surface area contributed by atoms with Crippen molar-refractivity contribution in [2.45, 2.75) is 33.1 Å². The summed E-state index contributed by atoms with van der Waals surface area (Å²) in [5, 5.41) is 3.45. The van der Waals surface area contributed by atoms with Gasteiger partial charge >= 0.3 is 5.97 Å². The van der Waals surface area contributed by atoms with E-state index in [1.54, 1.807) is 0 Å². The fraction of sp³-hybridized carbons (Fsp3) is 0.929. The van der Waals surface area contributed by atoms with Crippen molar-refractivity contribution in [3.8, 4) is 0 Å². The topological polar surface area (TPSA) is 41.6 Å². The quantitative estimate of drug-likeness (QED) is 0.701. The number of methoxy groups -OCH3 is 1. The summed E-state index contributed by atoms with van der Waals surface area (Å²) in [6.45, 7) is 9.84. The molecule has 1 aliphatic heterocycles. The molecule has 4 heteroatoms. The molecule has 1 heterocycles. The number of piperidine rings is 1. The molecule has 4 nitrogen and oxygen atoms in total. The molecule has 1 aliphatic rings. The second kappa shape index (κ2) is 8.48. The molecule has 0 bridgehead atoms. The third-order valence-corrected chi connectivity index (χ3v) is 4.13. The molecule has 2 atom stereocenters. The van der Waals surface area contributed by atoms with E-state index in [-0.39, 0.29) is 5.97 Å². The highest BCUT2D eigenvalue weighted by molar-refractivity contribution is 5.69. The van der Waals surface area contributed by atoms with Crippen LogP contribution in [0.2, 0.25) is 0 Å². The first-order valence-corrected chi connectivity index (χ1v) is 7.21. The fourth-order valence-corrected chi connectivity index (χ4v) is 2.77. The monoisotopic (exact) mass is 256 g/mol. The Hall–Kier alpha value is -0.610. The van der Waals surface area contributed by atoms with Crippen LogP contribution in [0, 0.1) is 11.8 Å². The van der Waals surface area contributed by atoms with Gasteiger partial charge in [0.05, 0.1) is 7.11 Å². The largest absolute Gasteiger partial charge is 0.469 e. The van der Waals surface area contributed by atoms with Gasteiger partial charge in [0.15, 0.2) is 0 Å². The van der Waals surface area contributed by atoms with E-state index in [9.17, 15) is 4.79 Å². The Morgan fingerprint density at radius 1 is 1.33 bits per heavy atom. The maximum Gasteiger partial charge on any atom is 0.305 e. The Bertz CT molecular complexity index is 242. The third kappa shape index (κ3) is 4.94. The lowest BCUT2D eigenvalue weighted by Crippen LogP contribution is -2.39. The van der Waals surface area contributed by atoms with Crippen LogP contribution in [0.15, 0.2) is 0 Å². The first-order chi connectivity index (χ1) is 8.71. The Morgan fingerprint density at radius 3 is 2.67 bits per heavy atom. The van der Waals surface area contributed by atoms with E-state index in [1.165, 1.54) is 13.5 Å². The van der Waals surface area contributed by atoms with Crippen LogP contribution >= 0.6 is 0 Å². The summed E-state index contributed by atoms with van der Waals surface area (Å²) in [6, 6.07) is 0. The molecule has 0 amide bonds. The highest BCUT2D eigenvalue weighted by Gasteiger charge is 2.27. The first-order valence-electron chi connectivity index (χ1n) is 7.21. The van der Waals surface area contributed by atoms with Gasteiger partial charge in [-0.05, 0) is 57.4 Å². The van der Waals surface area contributed by atoms with Crippen LogP contribution in [0.4, 0.5) is 0 Å². The van der Waals surface area contributed by atoms with E-state index in [2.05, 4.69) is 24.1 Å². The summed E-state index contributed by atoms with van der Waals surface area (Å²) in [6.07, 6.45) is 2.86. The van der Waals surface area contributed by atoms with Gasteiger partial charge in [-0.15, -0.1) is 0 Å². The van der Waals surface area contributed by atoms with Gasteiger partial charge in [0, 0.05) is 6.42 Å². The van der Waals surface area contributed by atoms with Crippen LogP contribution in [-0.2, 0) is 9.53 Å². The van der Waals surface area contributed by atoms with Crippen LogP contribution in [0.1, 0.15) is 33.1 Å². The second-order valence-electron chi connectivity index (χ2n) is 5.11. The Kier molecular flexibility index (Phi) is 7.28. The molecular formula is C14H28N2O2. The predicted molar refractivity (Wildman–Crippen MR) is 73.5 cm³/mol. The van der Waals surface area contributed by atoms with Gasteiger partial charge in [0.1, 0.15) is 0 Å². The van der Waals surface area contributed by atoms with Crippen molar-refractivity contribution < 1.29 is 9.53 Å². The summed E-state index contributed by atoms with van der Waals surface area (Å²) in [4.78, 5) is 13.9. The summed E-state index contributed by atoms with van der Waals surface area (Å²) in [5.41, 5.74) is 0. The number of carbonyl (C=O) groups is 1. The lowest BCUT2D eigenvalue weighted by atomic mass is 9.82. The standard InChI is InChI=1S/C14H28N2O2/c1-4-16(5-2)9-7-13-11-15-8-6-12(13)10-14(17)18-3/h12-13,15H,4-11H2,1-3H3. The molecule has 0 aromatic rings. The van der Waals surface area contributed by atoms with Gasteiger partial charge in [-0.3, -0.25) is 4.79 Å². The molecule has 1 fully saturated rings. The molecule has 0 spiro atoms. The van der Waals surface area contributed by atoms with Crippen LogP contribution in [0.3, 0.4) is 0 Å². The number of hydrogen-bond acceptors (Lipinski definition) is 4. The van der Waals surface area contributed by atoms with Crippen molar-refractivity contribution in [2.75, 3.05) is 39.8 Å². The van der Waals surface area contributed by atoms with E-state index in [4.69, 9.17) is 4.74 Å². The van der Waals surface area contributed by atoms with E-state index < -0.39 is 0 Å². The SMILES string of the molecule is CCN(CC)CCC1CNCCC1CC(=O)OC. The molecule has 0 aliphatic carbocycles. The van der Waals surface area contributed by atoms with Crippen molar-refractivity contribution in [1.82, 2.24) is 10.2 Å². The molecule has 0 aromatic carbocycles. The minimum absolute atomic E-state index is 0.0604. The highest BCUT2D eigenvalue weighted by Crippen LogP contribution is 2.26. The summed E-state index contributed by atoms with van der Waals surface area (Å²) in [5.74, 6) is 1.04. The number of nitrogens with one attached hydrogen (secondary N) is 1. The average Bonchev–Trinajstić information content (AvgIpc) is 2.41. The van der Waals surface area contributed by atoms with Crippen LogP contribution in [0.25, 0.3) is 0 Å². The molecule has 1 rings (SSSR count). The molecule has 0 radical (unpaired) electrons. The minimum atomic E-state index is -0.0604. The van der Waals surface area contributed by atoms with Crippen molar-refractivity contribution in [2.24, 2.45) is 11.8 Å². The molecule has 2 unspecified atom stereocenters. The van der Waals surface area contributed by atoms with Crippen LogP contribution in [0.5, 0.6) is 0 Å². The van der Waals surface area contributed by atoms with Gasteiger partial charge in [-0.25, -0.2) is 0 Å². The number of hydrogen-bond donors (Lipinski definition) is 1. The fourth-order valence-electron chi connectivity index (χ4n) is 2.77. The normalized spacial score (nSPS) is 24.2. The van der Waals surface area contributed by atoms with Gasteiger partial charge in [-0.1, -0.05) is 13.8 Å². The Labute approximate surface area is 111 Å². The zero-order chi connectivity index (χ0) is 13.4. The van der Waals surface area contributed by atoms with E-state index in [1.807, 2.05) is 0 Å². The Morgan fingerprint density at radius 2 is 2.06 bits per heavy atom. The molecule has 18 heavy (non-hydrogen) atoms. The van der Waals surface area contributed by atoms with Gasteiger partial charge in [0.25, 0.3) is 0 Å².